The molecule has 2 N–H and O–H groups in total. The third kappa shape index (κ3) is 5.90. The first kappa shape index (κ1) is 24.3. The number of amides is 1. The number of piperidine rings is 1. The number of halogens is 4. The van der Waals surface area contributed by atoms with Gasteiger partial charge in [0, 0.05) is 38.3 Å². The Bertz CT molecular complexity index is 1040. The predicted molar refractivity (Wildman–Crippen MR) is 114 cm³/mol. The highest BCUT2D eigenvalue weighted by Crippen LogP contribution is 2.32. The van der Waals surface area contributed by atoms with Crippen molar-refractivity contribution in [3.8, 4) is 0 Å². The fourth-order valence-corrected chi connectivity index (χ4v) is 5.06. The van der Waals surface area contributed by atoms with Crippen LogP contribution in [-0.4, -0.2) is 49.8 Å². The van der Waals surface area contributed by atoms with E-state index in [0.717, 1.165) is 6.07 Å². The zero-order chi connectivity index (χ0) is 23.4. The number of nitrogens with one attached hydrogen (secondary N) is 2. The van der Waals surface area contributed by atoms with Crippen molar-refractivity contribution in [2.45, 2.75) is 23.9 Å². The van der Waals surface area contributed by atoms with Crippen LogP contribution in [0, 0.1) is 5.92 Å². The standard InChI is InChI=1S/C20H22ClF3N4O3S/c21-17-12-15(20(22,23)24)13-27-18(17)25-8-9-26-19(29)14-6-10-28(11-7-14)32(30,31)16-4-2-1-3-5-16/h1-5,12-14H,6-11H2,(H,25,27)(H,26,29). The molecule has 1 fully saturated rings. The lowest BCUT2D eigenvalue weighted by molar-refractivity contribution is -0.137. The second kappa shape index (κ2) is 10.1. The summed E-state index contributed by atoms with van der Waals surface area (Å²) in [5.74, 6) is -0.423. The van der Waals surface area contributed by atoms with E-state index in [1.165, 1.54) is 4.31 Å². The molecular formula is C20H22ClF3N4O3S. The van der Waals surface area contributed by atoms with Gasteiger partial charge in [-0.25, -0.2) is 13.4 Å². The average Bonchev–Trinajstić information content (AvgIpc) is 2.77. The molecule has 174 valence electrons. The fourth-order valence-electron chi connectivity index (χ4n) is 3.33. The smallest absolute Gasteiger partial charge is 0.367 e. The Hall–Kier alpha value is -2.37. The predicted octanol–water partition coefficient (Wildman–Crippen LogP) is 3.38. The Morgan fingerprint density at radius 1 is 1.16 bits per heavy atom. The Kier molecular flexibility index (Phi) is 7.63. The SMILES string of the molecule is O=C(NCCNc1ncc(C(F)(F)F)cc1Cl)C1CCN(S(=O)(=O)c2ccccc2)CC1. The van der Waals surface area contributed by atoms with Gasteiger partial charge in [-0.1, -0.05) is 29.8 Å². The zero-order valence-electron chi connectivity index (χ0n) is 16.9. The number of carbonyl (C=O) groups is 1. The minimum Gasteiger partial charge on any atom is -0.367 e. The summed E-state index contributed by atoms with van der Waals surface area (Å²) in [6, 6.07) is 8.93. The van der Waals surface area contributed by atoms with Crippen LogP contribution in [0.2, 0.25) is 5.02 Å². The number of sulfonamides is 1. The Morgan fingerprint density at radius 2 is 1.81 bits per heavy atom. The molecule has 0 spiro atoms. The van der Waals surface area contributed by atoms with Crippen molar-refractivity contribution in [1.29, 1.82) is 0 Å². The van der Waals surface area contributed by atoms with E-state index < -0.39 is 21.8 Å². The first-order valence-corrected chi connectivity index (χ1v) is 11.7. The largest absolute Gasteiger partial charge is 0.417 e. The second-order valence-corrected chi connectivity index (χ2v) is 9.61. The Labute approximate surface area is 189 Å². The van der Waals surface area contributed by atoms with E-state index in [1.807, 2.05) is 0 Å². The molecule has 0 unspecified atom stereocenters. The molecule has 12 heteroatoms. The van der Waals surface area contributed by atoms with Gasteiger partial charge in [0.1, 0.15) is 5.82 Å². The second-order valence-electron chi connectivity index (χ2n) is 7.26. The van der Waals surface area contributed by atoms with E-state index in [-0.39, 0.29) is 53.7 Å². The van der Waals surface area contributed by atoms with Crippen molar-refractivity contribution in [3.05, 3.63) is 53.2 Å². The van der Waals surface area contributed by atoms with Crippen LogP contribution in [0.15, 0.2) is 47.5 Å². The maximum atomic E-state index is 12.7. The van der Waals surface area contributed by atoms with Crippen LogP contribution in [0.3, 0.4) is 0 Å². The highest BCUT2D eigenvalue weighted by atomic mass is 35.5. The molecule has 7 nitrogen and oxygen atoms in total. The van der Waals surface area contributed by atoms with Gasteiger partial charge in [-0.15, -0.1) is 0 Å². The molecule has 1 aliphatic rings. The minimum absolute atomic E-state index is 0.0911. The van der Waals surface area contributed by atoms with Crippen molar-refractivity contribution in [2.75, 3.05) is 31.5 Å². The Morgan fingerprint density at radius 3 is 2.41 bits per heavy atom. The van der Waals surface area contributed by atoms with E-state index in [4.69, 9.17) is 11.6 Å². The number of nitrogens with zero attached hydrogens (tertiary/aromatic N) is 2. The molecule has 1 saturated heterocycles. The number of hydrogen-bond acceptors (Lipinski definition) is 5. The highest BCUT2D eigenvalue weighted by molar-refractivity contribution is 7.89. The van der Waals surface area contributed by atoms with Gasteiger partial charge in [-0.2, -0.15) is 17.5 Å². The van der Waals surface area contributed by atoms with Crippen molar-refractivity contribution in [3.63, 3.8) is 0 Å². The number of aromatic nitrogens is 1. The summed E-state index contributed by atoms with van der Waals surface area (Å²) >= 11 is 5.83. The van der Waals surface area contributed by atoms with Gasteiger partial charge in [0.15, 0.2) is 0 Å². The normalized spacial score (nSPS) is 16.0. The van der Waals surface area contributed by atoms with Gasteiger partial charge in [0.05, 0.1) is 15.5 Å². The third-order valence-electron chi connectivity index (χ3n) is 5.09. The summed E-state index contributed by atoms with van der Waals surface area (Å²) in [6.45, 7) is 0.919. The molecule has 0 atom stereocenters. The molecular weight excluding hydrogens is 469 g/mol. The third-order valence-corrected chi connectivity index (χ3v) is 7.29. The lowest BCUT2D eigenvalue weighted by atomic mass is 9.97. The minimum atomic E-state index is -4.53. The van der Waals surface area contributed by atoms with Gasteiger partial charge in [-0.05, 0) is 31.0 Å². The van der Waals surface area contributed by atoms with Gasteiger partial charge < -0.3 is 10.6 Å². The van der Waals surface area contributed by atoms with Crippen LogP contribution in [0.4, 0.5) is 19.0 Å². The topological polar surface area (TPSA) is 91.4 Å². The van der Waals surface area contributed by atoms with Crippen LogP contribution in [-0.2, 0) is 21.0 Å². The van der Waals surface area contributed by atoms with Gasteiger partial charge in [-0.3, -0.25) is 4.79 Å². The quantitative estimate of drug-likeness (QED) is 0.581. The monoisotopic (exact) mass is 490 g/mol. The zero-order valence-corrected chi connectivity index (χ0v) is 18.5. The summed E-state index contributed by atoms with van der Waals surface area (Å²) < 4.78 is 64.6. The van der Waals surface area contributed by atoms with Crippen molar-refractivity contribution >= 4 is 33.3 Å². The number of rotatable bonds is 7. The molecule has 0 bridgehead atoms. The van der Waals surface area contributed by atoms with Gasteiger partial charge in [0.25, 0.3) is 0 Å². The molecule has 0 aliphatic carbocycles. The van der Waals surface area contributed by atoms with Gasteiger partial charge >= 0.3 is 6.18 Å². The molecule has 1 aliphatic heterocycles. The maximum absolute atomic E-state index is 12.7. The van der Waals surface area contributed by atoms with Crippen LogP contribution in [0.5, 0.6) is 0 Å². The number of anilines is 1. The van der Waals surface area contributed by atoms with Gasteiger partial charge in [0.2, 0.25) is 15.9 Å². The van der Waals surface area contributed by atoms with E-state index >= 15 is 0 Å². The maximum Gasteiger partial charge on any atom is 0.417 e. The molecule has 3 rings (SSSR count). The molecule has 1 aromatic carbocycles. The molecule has 0 radical (unpaired) electrons. The van der Waals surface area contributed by atoms with E-state index in [2.05, 4.69) is 15.6 Å². The Balaban J connectivity index is 1.43. The molecule has 2 heterocycles. The van der Waals surface area contributed by atoms with Crippen molar-refractivity contribution in [2.24, 2.45) is 5.92 Å². The van der Waals surface area contributed by atoms with Crippen molar-refractivity contribution in [1.82, 2.24) is 14.6 Å². The van der Waals surface area contributed by atoms with E-state index in [1.54, 1.807) is 30.3 Å². The van der Waals surface area contributed by atoms with E-state index in [9.17, 15) is 26.4 Å². The lowest BCUT2D eigenvalue weighted by Gasteiger charge is -2.30. The molecule has 1 amide bonds. The first-order valence-electron chi connectivity index (χ1n) is 9.88. The number of alkyl halides is 3. The summed E-state index contributed by atoms with van der Waals surface area (Å²) in [7, 11) is -3.58. The molecule has 32 heavy (non-hydrogen) atoms. The van der Waals surface area contributed by atoms with Crippen LogP contribution < -0.4 is 10.6 Å². The highest BCUT2D eigenvalue weighted by Gasteiger charge is 2.32. The molecule has 2 aromatic rings. The number of hydrogen-bond donors (Lipinski definition) is 2. The van der Waals surface area contributed by atoms with Crippen molar-refractivity contribution < 1.29 is 26.4 Å². The summed E-state index contributed by atoms with van der Waals surface area (Å²) in [5.41, 5.74) is -0.943. The number of carbonyl (C=O) groups excluding carboxylic acids is 1. The fraction of sp³-hybridized carbons (Fsp3) is 0.400. The molecule has 0 saturated carbocycles. The lowest BCUT2D eigenvalue weighted by Crippen LogP contribution is -2.43. The van der Waals surface area contributed by atoms with Crippen LogP contribution in [0.1, 0.15) is 18.4 Å². The summed E-state index contributed by atoms with van der Waals surface area (Å²) in [5, 5.41) is 5.36. The first-order chi connectivity index (χ1) is 15.1. The summed E-state index contributed by atoms with van der Waals surface area (Å²) in [6.07, 6.45) is -3.04. The summed E-state index contributed by atoms with van der Waals surface area (Å²) in [4.78, 5) is 16.3. The van der Waals surface area contributed by atoms with Crippen LogP contribution in [0.25, 0.3) is 0 Å². The van der Waals surface area contributed by atoms with Crippen LogP contribution >= 0.6 is 11.6 Å². The average molecular weight is 491 g/mol. The van der Waals surface area contributed by atoms with E-state index in [0.29, 0.717) is 19.0 Å². The molecule has 1 aromatic heterocycles. The number of pyridine rings is 1. The number of benzene rings is 1.